The van der Waals surface area contributed by atoms with Crippen LogP contribution in [0.2, 0.25) is 0 Å². The number of ether oxygens (including phenoxy) is 3. The first kappa shape index (κ1) is 30.5. The third-order valence-corrected chi connectivity index (χ3v) is 10.4. The molecule has 3 aliphatic heterocycles. The molecule has 3 heterocycles. The van der Waals surface area contributed by atoms with Crippen molar-refractivity contribution in [3.63, 3.8) is 0 Å². The summed E-state index contributed by atoms with van der Waals surface area (Å²) in [6.45, 7) is 12.3. The number of fused-ring (bicyclic) bond motifs is 1. The number of rotatable bonds is 10. The summed E-state index contributed by atoms with van der Waals surface area (Å²) in [5.74, 6) is 2.62. The number of hydrogen-bond acceptors (Lipinski definition) is 7. The van der Waals surface area contributed by atoms with Crippen LogP contribution in [0.5, 0.6) is 17.2 Å². The molecule has 0 saturated carbocycles. The Bertz CT molecular complexity index is 1530. The van der Waals surface area contributed by atoms with Crippen LogP contribution in [0.1, 0.15) is 72.4 Å². The van der Waals surface area contributed by atoms with E-state index < -0.39 is 5.60 Å². The van der Waals surface area contributed by atoms with E-state index in [4.69, 9.17) is 14.2 Å². The van der Waals surface area contributed by atoms with Crippen LogP contribution in [0, 0.1) is 20.8 Å². The zero-order valence-electron chi connectivity index (χ0n) is 26.2. The maximum Gasteiger partial charge on any atom is 0.286 e. The number of thioether (sulfide) groups is 1. The summed E-state index contributed by atoms with van der Waals surface area (Å²) in [5.41, 5.74) is 6.35. The Morgan fingerprint density at radius 2 is 1.73 bits per heavy atom. The van der Waals surface area contributed by atoms with Gasteiger partial charge in [0.25, 0.3) is 5.24 Å². The second kappa shape index (κ2) is 12.5. The van der Waals surface area contributed by atoms with E-state index in [1.807, 2.05) is 42.5 Å². The number of carbonyl (C=O) groups is 2. The number of imide groups is 1. The number of benzene rings is 3. The average molecular weight is 615 g/mol. The van der Waals surface area contributed by atoms with Gasteiger partial charge in [0.05, 0.1) is 5.25 Å². The van der Waals surface area contributed by atoms with Crippen LogP contribution in [0.3, 0.4) is 0 Å². The second-order valence-electron chi connectivity index (χ2n) is 12.8. The average Bonchev–Trinajstić information content (AvgIpc) is 3.71. The van der Waals surface area contributed by atoms with Crippen molar-refractivity contribution in [2.75, 3.05) is 6.54 Å². The highest BCUT2D eigenvalue weighted by Gasteiger charge is 2.46. The molecule has 7 nitrogen and oxygen atoms in total. The highest BCUT2D eigenvalue weighted by Crippen LogP contribution is 2.53. The van der Waals surface area contributed by atoms with Crippen molar-refractivity contribution in [3.05, 3.63) is 88.0 Å². The van der Waals surface area contributed by atoms with Gasteiger partial charge in [-0.15, -0.1) is 0 Å². The van der Waals surface area contributed by atoms with Gasteiger partial charge in [0.1, 0.15) is 35.6 Å². The van der Waals surface area contributed by atoms with Gasteiger partial charge in [0.15, 0.2) is 0 Å². The van der Waals surface area contributed by atoms with E-state index in [0.29, 0.717) is 13.0 Å². The largest absolute Gasteiger partial charge is 0.489 e. The summed E-state index contributed by atoms with van der Waals surface area (Å²) in [4.78, 5) is 23.6. The van der Waals surface area contributed by atoms with Crippen molar-refractivity contribution in [1.29, 1.82) is 0 Å². The molecular weight excluding hydrogens is 572 g/mol. The first-order valence-corrected chi connectivity index (χ1v) is 16.5. The van der Waals surface area contributed by atoms with Crippen molar-refractivity contribution >= 4 is 22.9 Å². The molecule has 2 fully saturated rings. The van der Waals surface area contributed by atoms with Crippen molar-refractivity contribution < 1.29 is 23.8 Å². The first-order chi connectivity index (χ1) is 21.1. The topological polar surface area (TPSA) is 85.9 Å². The van der Waals surface area contributed by atoms with Gasteiger partial charge in [-0.2, -0.15) is 0 Å². The summed E-state index contributed by atoms with van der Waals surface area (Å²) in [7, 11) is 0. The molecule has 0 aromatic heterocycles. The molecule has 3 aromatic carbocycles. The number of nitrogens with one attached hydrogen (secondary N) is 2. The molecule has 0 bridgehead atoms. The Morgan fingerprint density at radius 3 is 2.39 bits per heavy atom. The van der Waals surface area contributed by atoms with Gasteiger partial charge < -0.3 is 19.5 Å². The number of hydrogen-bond donors (Lipinski definition) is 2. The normalized spacial score (nSPS) is 22.8. The number of carbonyl (C=O) groups excluding carboxylic acids is 2. The van der Waals surface area contributed by atoms with E-state index in [2.05, 4.69) is 57.4 Å². The molecule has 2 amide bonds. The van der Waals surface area contributed by atoms with Crippen LogP contribution >= 0.6 is 11.8 Å². The lowest BCUT2D eigenvalue weighted by molar-refractivity contribution is -0.118. The Morgan fingerprint density at radius 1 is 0.977 bits per heavy atom. The van der Waals surface area contributed by atoms with Gasteiger partial charge in [-0.1, -0.05) is 54.2 Å². The molecule has 2 N–H and O–H groups in total. The van der Waals surface area contributed by atoms with Gasteiger partial charge in [-0.25, -0.2) is 0 Å². The van der Waals surface area contributed by atoms with Gasteiger partial charge in [0, 0.05) is 17.5 Å². The van der Waals surface area contributed by atoms with E-state index in [1.165, 1.54) is 5.56 Å². The maximum absolute atomic E-state index is 12.0. The van der Waals surface area contributed by atoms with Crippen molar-refractivity contribution in [2.45, 2.75) is 95.8 Å². The molecule has 3 aromatic rings. The van der Waals surface area contributed by atoms with Crippen molar-refractivity contribution in [3.8, 4) is 17.2 Å². The van der Waals surface area contributed by atoms with Crippen molar-refractivity contribution in [2.24, 2.45) is 0 Å². The van der Waals surface area contributed by atoms with Gasteiger partial charge >= 0.3 is 0 Å². The molecule has 0 radical (unpaired) electrons. The van der Waals surface area contributed by atoms with Gasteiger partial charge in [-0.05, 0) is 107 Å². The van der Waals surface area contributed by atoms with E-state index in [-0.39, 0.29) is 34.5 Å². The summed E-state index contributed by atoms with van der Waals surface area (Å²) in [5, 5.41) is 5.40. The minimum atomic E-state index is -0.413. The molecular formula is C36H42N2O5S. The highest BCUT2D eigenvalue weighted by molar-refractivity contribution is 8.15. The van der Waals surface area contributed by atoms with Gasteiger partial charge in [0.2, 0.25) is 5.91 Å². The fourth-order valence-corrected chi connectivity index (χ4v) is 7.73. The summed E-state index contributed by atoms with van der Waals surface area (Å²) in [6.07, 6.45) is 3.42. The molecule has 0 spiro atoms. The molecule has 232 valence electrons. The lowest BCUT2D eigenvalue weighted by Crippen LogP contribution is -2.42. The molecule has 0 aliphatic carbocycles. The van der Waals surface area contributed by atoms with Crippen LogP contribution in [-0.4, -0.2) is 40.7 Å². The van der Waals surface area contributed by atoms with Crippen LogP contribution in [0.4, 0.5) is 4.79 Å². The van der Waals surface area contributed by atoms with E-state index in [0.717, 1.165) is 82.6 Å². The van der Waals surface area contributed by atoms with E-state index in [9.17, 15) is 9.59 Å². The SMILES string of the molecule is Cc1c(C)c2c(c(C)c1OCc1ccccc1)C(CC(Oc1ccc(CC3SC(=O)NC3=O)cc1)[C@H]1CCCN1)C(C)(C)O2. The third kappa shape index (κ3) is 6.20. The monoisotopic (exact) mass is 614 g/mol. The Hall–Kier alpha value is -3.49. The minimum Gasteiger partial charge on any atom is -0.489 e. The first-order valence-electron chi connectivity index (χ1n) is 15.6. The molecule has 3 aliphatic rings. The molecule has 6 rings (SSSR count). The summed E-state index contributed by atoms with van der Waals surface area (Å²) >= 11 is 1.06. The van der Waals surface area contributed by atoms with Crippen LogP contribution < -0.4 is 24.8 Å². The maximum atomic E-state index is 12.0. The van der Waals surface area contributed by atoms with Crippen LogP contribution in [0.15, 0.2) is 54.6 Å². The smallest absolute Gasteiger partial charge is 0.286 e. The zero-order valence-corrected chi connectivity index (χ0v) is 27.0. The predicted molar refractivity (Wildman–Crippen MR) is 174 cm³/mol. The Kier molecular flexibility index (Phi) is 8.66. The molecule has 44 heavy (non-hydrogen) atoms. The lowest BCUT2D eigenvalue weighted by Gasteiger charge is -2.33. The van der Waals surface area contributed by atoms with Crippen molar-refractivity contribution in [1.82, 2.24) is 10.6 Å². The van der Waals surface area contributed by atoms with Gasteiger partial charge in [-0.3, -0.25) is 14.9 Å². The lowest BCUT2D eigenvalue weighted by atomic mass is 9.78. The van der Waals surface area contributed by atoms with E-state index >= 15 is 0 Å². The molecule has 2 saturated heterocycles. The minimum absolute atomic E-state index is 0.0642. The quantitative estimate of drug-likeness (QED) is 0.256. The van der Waals surface area contributed by atoms with E-state index in [1.54, 1.807) is 0 Å². The Balaban J connectivity index is 1.25. The third-order valence-electron chi connectivity index (χ3n) is 9.43. The Labute approximate surface area is 264 Å². The second-order valence-corrected chi connectivity index (χ2v) is 14.0. The fourth-order valence-electron chi connectivity index (χ4n) is 6.87. The number of amides is 2. The standard InChI is InChI=1S/C36H42N2O5S/c1-21-22(2)33-31(23(3)32(21)41-20-25-10-7-6-8-11-25)27(36(4,5)43-33)19-29(28-12-9-17-37-28)42-26-15-13-24(14-16-26)18-30-34(39)38-35(40)44-30/h6-8,10-11,13-16,27-30,37H,9,12,17-20H2,1-5H3,(H,38,39,40)/t27?,28-,29?,30?/m1/s1. The molecule has 8 heteroatoms. The molecule has 4 atom stereocenters. The summed E-state index contributed by atoms with van der Waals surface area (Å²) in [6, 6.07) is 18.5. The molecule has 3 unspecified atom stereocenters. The zero-order chi connectivity index (χ0) is 31.0. The predicted octanol–water partition coefficient (Wildman–Crippen LogP) is 6.93. The fraction of sp³-hybridized carbons (Fsp3) is 0.444. The van der Waals surface area contributed by atoms with Crippen LogP contribution in [0.25, 0.3) is 0 Å². The highest BCUT2D eigenvalue weighted by atomic mass is 32.2. The van der Waals surface area contributed by atoms with Crippen LogP contribution in [-0.2, 0) is 17.8 Å². The summed E-state index contributed by atoms with van der Waals surface area (Å²) < 4.78 is 20.0.